The van der Waals surface area contributed by atoms with Gasteiger partial charge in [0.05, 0.1) is 12.6 Å². The highest BCUT2D eigenvalue weighted by Gasteiger charge is 2.53. The lowest BCUT2D eigenvalue weighted by Gasteiger charge is -2.58. The standard InChI is InChI=1S/C17H26N2O/c1-2-16-18-3-4-19(16)11-15(20)17-8-12-5-13(9-17)7-14(6-12)10-17/h3-4,12-15,20H,2,5-11H2,1H3. The summed E-state index contributed by atoms with van der Waals surface area (Å²) < 4.78 is 2.17. The van der Waals surface area contributed by atoms with Gasteiger partial charge in [-0.2, -0.15) is 0 Å². The van der Waals surface area contributed by atoms with Gasteiger partial charge >= 0.3 is 0 Å². The highest BCUT2D eigenvalue weighted by atomic mass is 16.3. The van der Waals surface area contributed by atoms with E-state index in [0.717, 1.165) is 36.5 Å². The Morgan fingerprint density at radius 2 is 1.85 bits per heavy atom. The first kappa shape index (κ1) is 12.9. The van der Waals surface area contributed by atoms with Crippen molar-refractivity contribution < 1.29 is 5.11 Å². The minimum Gasteiger partial charge on any atom is -0.391 e. The zero-order valence-corrected chi connectivity index (χ0v) is 12.5. The second kappa shape index (κ2) is 4.59. The fraction of sp³-hybridized carbons (Fsp3) is 0.824. The molecule has 4 bridgehead atoms. The summed E-state index contributed by atoms with van der Waals surface area (Å²) in [4.78, 5) is 4.39. The molecule has 4 saturated carbocycles. The maximum Gasteiger partial charge on any atom is 0.108 e. The Bertz CT molecular complexity index is 458. The van der Waals surface area contributed by atoms with Crippen molar-refractivity contribution in [3.63, 3.8) is 0 Å². The Balaban J connectivity index is 1.55. The molecule has 4 aliphatic rings. The Hall–Kier alpha value is -0.830. The molecule has 0 spiro atoms. The normalized spacial score (nSPS) is 40.2. The van der Waals surface area contributed by atoms with Gasteiger partial charge in [-0.15, -0.1) is 0 Å². The molecule has 0 aliphatic heterocycles. The quantitative estimate of drug-likeness (QED) is 0.916. The first-order chi connectivity index (χ1) is 9.68. The highest BCUT2D eigenvalue weighted by molar-refractivity contribution is 5.05. The van der Waals surface area contributed by atoms with E-state index < -0.39 is 0 Å². The van der Waals surface area contributed by atoms with Gasteiger partial charge in [0.2, 0.25) is 0 Å². The third kappa shape index (κ3) is 1.93. The fourth-order valence-electron chi connectivity index (χ4n) is 5.79. The molecule has 0 radical (unpaired) electrons. The molecule has 20 heavy (non-hydrogen) atoms. The Labute approximate surface area is 121 Å². The smallest absolute Gasteiger partial charge is 0.108 e. The molecule has 110 valence electrons. The average Bonchev–Trinajstić information content (AvgIpc) is 2.84. The number of aliphatic hydroxyl groups excluding tert-OH is 1. The van der Waals surface area contributed by atoms with Crippen molar-refractivity contribution in [1.29, 1.82) is 0 Å². The van der Waals surface area contributed by atoms with E-state index in [-0.39, 0.29) is 11.5 Å². The van der Waals surface area contributed by atoms with Crippen molar-refractivity contribution in [3.8, 4) is 0 Å². The predicted octanol–water partition coefficient (Wildman–Crippen LogP) is 3.02. The molecule has 5 rings (SSSR count). The summed E-state index contributed by atoms with van der Waals surface area (Å²) in [5, 5.41) is 11.0. The molecule has 0 aromatic carbocycles. The van der Waals surface area contributed by atoms with Crippen LogP contribution in [0.5, 0.6) is 0 Å². The van der Waals surface area contributed by atoms with E-state index in [0.29, 0.717) is 0 Å². The first-order valence-electron chi connectivity index (χ1n) is 8.36. The SMILES string of the molecule is CCc1nccn1CC(O)C12CC3CC(CC(C3)C1)C2. The van der Waals surface area contributed by atoms with E-state index in [1.807, 2.05) is 12.4 Å². The van der Waals surface area contributed by atoms with Gasteiger partial charge in [0, 0.05) is 18.8 Å². The van der Waals surface area contributed by atoms with E-state index in [4.69, 9.17) is 0 Å². The fourth-order valence-corrected chi connectivity index (χ4v) is 5.79. The van der Waals surface area contributed by atoms with Crippen LogP contribution >= 0.6 is 0 Å². The van der Waals surface area contributed by atoms with Crippen LogP contribution < -0.4 is 0 Å². The molecule has 1 aromatic heterocycles. The van der Waals surface area contributed by atoms with Crippen LogP contribution in [0.4, 0.5) is 0 Å². The van der Waals surface area contributed by atoms with Crippen molar-refractivity contribution in [2.75, 3.05) is 0 Å². The number of rotatable bonds is 4. The van der Waals surface area contributed by atoms with Crippen LogP contribution in [0.2, 0.25) is 0 Å². The first-order valence-corrected chi connectivity index (χ1v) is 8.36. The van der Waals surface area contributed by atoms with Gasteiger partial charge in [-0.25, -0.2) is 4.98 Å². The number of aromatic nitrogens is 2. The minimum atomic E-state index is -0.185. The van der Waals surface area contributed by atoms with Crippen molar-refractivity contribution in [2.45, 2.75) is 64.5 Å². The number of hydrogen-bond donors (Lipinski definition) is 1. The molecule has 4 fully saturated rings. The zero-order chi connectivity index (χ0) is 13.7. The summed E-state index contributed by atoms with van der Waals surface area (Å²) in [6, 6.07) is 0. The average molecular weight is 274 g/mol. The van der Waals surface area contributed by atoms with E-state index in [2.05, 4.69) is 16.5 Å². The number of hydrogen-bond acceptors (Lipinski definition) is 2. The summed E-state index contributed by atoms with van der Waals surface area (Å²) in [5.74, 6) is 3.83. The summed E-state index contributed by atoms with van der Waals surface area (Å²) >= 11 is 0. The van der Waals surface area contributed by atoms with Crippen LogP contribution in [0.3, 0.4) is 0 Å². The third-order valence-corrected chi connectivity index (χ3v) is 6.28. The molecule has 1 N–H and O–H groups in total. The highest BCUT2D eigenvalue weighted by Crippen LogP contribution is 2.61. The van der Waals surface area contributed by atoms with Crippen LogP contribution in [0, 0.1) is 23.2 Å². The lowest BCUT2D eigenvalue weighted by Crippen LogP contribution is -2.52. The van der Waals surface area contributed by atoms with E-state index in [9.17, 15) is 5.11 Å². The largest absolute Gasteiger partial charge is 0.391 e. The minimum absolute atomic E-state index is 0.185. The number of imidazole rings is 1. The van der Waals surface area contributed by atoms with Gasteiger partial charge in [-0.3, -0.25) is 0 Å². The van der Waals surface area contributed by atoms with Crippen LogP contribution in [0.15, 0.2) is 12.4 Å². The lowest BCUT2D eigenvalue weighted by molar-refractivity contribution is -0.124. The molecule has 3 heteroatoms. The maximum atomic E-state index is 11.0. The third-order valence-electron chi connectivity index (χ3n) is 6.28. The van der Waals surface area contributed by atoms with Crippen LogP contribution in [-0.2, 0) is 13.0 Å². The Kier molecular flexibility index (Phi) is 2.95. The second-order valence-corrected chi connectivity index (χ2v) is 7.65. The van der Waals surface area contributed by atoms with Crippen molar-refractivity contribution in [3.05, 3.63) is 18.2 Å². The summed E-state index contributed by atoms with van der Waals surface area (Å²) in [6.07, 6.45) is 12.8. The summed E-state index contributed by atoms with van der Waals surface area (Å²) in [6.45, 7) is 2.88. The molecule has 3 nitrogen and oxygen atoms in total. The lowest BCUT2D eigenvalue weighted by atomic mass is 9.48. The van der Waals surface area contributed by atoms with E-state index in [1.54, 1.807) is 0 Å². The van der Waals surface area contributed by atoms with E-state index >= 15 is 0 Å². The molecule has 0 amide bonds. The van der Waals surface area contributed by atoms with Gasteiger partial charge in [-0.1, -0.05) is 6.92 Å². The van der Waals surface area contributed by atoms with Gasteiger partial charge in [0.1, 0.15) is 5.82 Å². The Morgan fingerprint density at radius 1 is 1.25 bits per heavy atom. The zero-order valence-electron chi connectivity index (χ0n) is 12.5. The number of aliphatic hydroxyl groups is 1. The second-order valence-electron chi connectivity index (χ2n) is 7.65. The number of nitrogens with zero attached hydrogens (tertiary/aromatic N) is 2. The summed E-state index contributed by atoms with van der Waals surface area (Å²) in [5.41, 5.74) is 0.226. The van der Waals surface area contributed by atoms with Crippen LogP contribution in [-0.4, -0.2) is 20.8 Å². The molecule has 1 aromatic rings. The van der Waals surface area contributed by atoms with Crippen LogP contribution in [0.25, 0.3) is 0 Å². The molecule has 1 atom stereocenters. The van der Waals surface area contributed by atoms with Gasteiger partial charge in [0.25, 0.3) is 0 Å². The maximum absolute atomic E-state index is 11.0. The molecular formula is C17H26N2O. The molecular weight excluding hydrogens is 248 g/mol. The molecule has 1 unspecified atom stereocenters. The van der Waals surface area contributed by atoms with Crippen molar-refractivity contribution in [1.82, 2.24) is 9.55 Å². The van der Waals surface area contributed by atoms with Crippen molar-refractivity contribution in [2.24, 2.45) is 23.2 Å². The molecule has 4 aliphatic carbocycles. The topological polar surface area (TPSA) is 38.0 Å². The van der Waals surface area contributed by atoms with Gasteiger partial charge in [-0.05, 0) is 61.7 Å². The van der Waals surface area contributed by atoms with Gasteiger partial charge in [0.15, 0.2) is 0 Å². The van der Waals surface area contributed by atoms with Crippen molar-refractivity contribution >= 4 is 0 Å². The summed E-state index contributed by atoms with van der Waals surface area (Å²) in [7, 11) is 0. The monoisotopic (exact) mass is 274 g/mol. The van der Waals surface area contributed by atoms with Crippen LogP contribution in [0.1, 0.15) is 51.3 Å². The predicted molar refractivity (Wildman–Crippen MR) is 78.2 cm³/mol. The van der Waals surface area contributed by atoms with Gasteiger partial charge < -0.3 is 9.67 Å². The molecule has 1 heterocycles. The Morgan fingerprint density at radius 3 is 2.40 bits per heavy atom. The van der Waals surface area contributed by atoms with E-state index in [1.165, 1.54) is 38.5 Å². The molecule has 0 saturated heterocycles. The number of aryl methyl sites for hydroxylation is 1.